The number of imidazole rings is 2. The number of unbranched alkanes of at least 4 members (excludes halogenated alkanes) is 1. The van der Waals surface area contributed by atoms with Gasteiger partial charge in [0.2, 0.25) is 0 Å². The molecule has 2 aromatic heterocycles. The molecule has 0 atom stereocenters. The molecule has 0 saturated heterocycles. The van der Waals surface area contributed by atoms with Crippen molar-refractivity contribution in [1.82, 2.24) is 28.9 Å². The number of hydrogen-bond acceptors (Lipinski definition) is 7. The molecule has 296 valence electrons. The Morgan fingerprint density at radius 1 is 0.768 bits per heavy atom. The number of carbonyl (C=O) groups excluding carboxylic acids is 2. The van der Waals surface area contributed by atoms with Crippen molar-refractivity contribution >= 4 is 52.4 Å². The number of aliphatic carboxylic acids is 1. The Morgan fingerprint density at radius 2 is 1.27 bits per heavy atom. The molecule has 12 nitrogen and oxygen atoms in total. The molecule has 56 heavy (non-hydrogen) atoms. The highest BCUT2D eigenvalue weighted by molar-refractivity contribution is 6.40. The number of carboxylic acid groups (broad SMARTS) is 1. The van der Waals surface area contributed by atoms with Crippen LogP contribution in [0.15, 0.2) is 36.4 Å². The van der Waals surface area contributed by atoms with E-state index < -0.39 is 11.4 Å². The van der Waals surface area contributed by atoms with Crippen molar-refractivity contribution in [3.8, 4) is 11.1 Å². The lowest BCUT2D eigenvalue weighted by molar-refractivity contribution is -0.148. The number of carboxylic acids is 1. The van der Waals surface area contributed by atoms with Crippen molar-refractivity contribution in [1.29, 1.82) is 0 Å². The van der Waals surface area contributed by atoms with E-state index in [1.54, 1.807) is 24.3 Å². The van der Waals surface area contributed by atoms with Crippen molar-refractivity contribution in [2.45, 2.75) is 84.2 Å². The first-order valence-corrected chi connectivity index (χ1v) is 20.6. The lowest BCUT2D eigenvalue weighted by Gasteiger charge is -2.32. The SMILES string of the molecule is CCCCN1CCc2c(nc(C(=O)Nc3cccc(-c4cccc(NC(=O)c5nc6c(n5C)CCN(CCC57CCC(C(=O)O)(CC5)C7)C6)c4Cl)c3Cl)n2C)C1. The predicted molar refractivity (Wildman–Crippen MR) is 217 cm³/mol. The molecule has 0 unspecified atom stereocenters. The quantitative estimate of drug-likeness (QED) is 0.134. The second-order valence-electron chi connectivity index (χ2n) is 16.4. The molecular weight excluding hydrogens is 751 g/mol. The van der Waals surface area contributed by atoms with E-state index in [0.717, 1.165) is 120 Å². The largest absolute Gasteiger partial charge is 0.481 e. The number of carbonyl (C=O) groups is 3. The normalized spacial score (nSPS) is 21.9. The first-order chi connectivity index (χ1) is 26.9. The summed E-state index contributed by atoms with van der Waals surface area (Å²) in [6.07, 6.45) is 9.27. The van der Waals surface area contributed by atoms with Gasteiger partial charge in [0.15, 0.2) is 11.6 Å². The van der Waals surface area contributed by atoms with Crippen molar-refractivity contribution in [3.63, 3.8) is 0 Å². The number of benzene rings is 2. The molecule has 0 spiro atoms. The summed E-state index contributed by atoms with van der Waals surface area (Å²) >= 11 is 13.9. The Bertz CT molecular complexity index is 2200. The van der Waals surface area contributed by atoms with Crippen LogP contribution < -0.4 is 10.6 Å². The van der Waals surface area contributed by atoms with Crippen LogP contribution in [0.1, 0.15) is 102 Å². The maximum Gasteiger partial charge on any atom is 0.309 e. The summed E-state index contributed by atoms with van der Waals surface area (Å²) < 4.78 is 3.76. The van der Waals surface area contributed by atoms with Crippen LogP contribution in [0.2, 0.25) is 10.0 Å². The molecule has 4 aromatic rings. The molecule has 3 N–H and O–H groups in total. The first-order valence-electron chi connectivity index (χ1n) is 19.9. The van der Waals surface area contributed by atoms with E-state index in [9.17, 15) is 19.5 Å². The summed E-state index contributed by atoms with van der Waals surface area (Å²) in [7, 11) is 3.76. The molecule has 2 saturated carbocycles. The third-order valence-electron chi connectivity index (χ3n) is 13.1. The number of nitrogens with zero attached hydrogens (tertiary/aromatic N) is 6. The molecule has 8 rings (SSSR count). The molecule has 4 heterocycles. The lowest BCUT2D eigenvalue weighted by Crippen LogP contribution is -2.34. The van der Waals surface area contributed by atoms with Gasteiger partial charge in [-0.15, -0.1) is 0 Å². The smallest absolute Gasteiger partial charge is 0.309 e. The van der Waals surface area contributed by atoms with E-state index in [4.69, 9.17) is 33.2 Å². The molecule has 4 aliphatic rings. The molecule has 2 aliphatic carbocycles. The van der Waals surface area contributed by atoms with Crippen LogP contribution in [0.3, 0.4) is 0 Å². The third-order valence-corrected chi connectivity index (χ3v) is 13.9. The number of anilines is 2. The maximum atomic E-state index is 13.7. The summed E-state index contributed by atoms with van der Waals surface area (Å²) in [6, 6.07) is 10.7. The number of nitrogens with one attached hydrogen (secondary N) is 2. The minimum absolute atomic E-state index is 0.136. The Morgan fingerprint density at radius 3 is 1.73 bits per heavy atom. The highest BCUT2D eigenvalue weighted by Crippen LogP contribution is 2.63. The van der Waals surface area contributed by atoms with Gasteiger partial charge in [0.1, 0.15) is 0 Å². The van der Waals surface area contributed by atoms with Gasteiger partial charge in [-0.05, 0) is 75.6 Å². The summed E-state index contributed by atoms with van der Waals surface area (Å²) in [6.45, 7) is 7.31. The zero-order valence-corrected chi connectivity index (χ0v) is 33.9. The Labute approximate surface area is 337 Å². The van der Waals surface area contributed by atoms with Crippen LogP contribution >= 0.6 is 23.2 Å². The first kappa shape index (κ1) is 38.6. The van der Waals surface area contributed by atoms with Gasteiger partial charge in [-0.3, -0.25) is 24.2 Å². The van der Waals surface area contributed by atoms with Crippen LogP contribution in [0.25, 0.3) is 11.1 Å². The van der Waals surface area contributed by atoms with Crippen molar-refractivity contribution in [2.24, 2.45) is 24.9 Å². The van der Waals surface area contributed by atoms with Gasteiger partial charge in [0.05, 0.1) is 38.2 Å². The number of rotatable bonds is 12. The van der Waals surface area contributed by atoms with Gasteiger partial charge in [0.25, 0.3) is 11.8 Å². The molecule has 2 bridgehead atoms. The fourth-order valence-corrected chi connectivity index (χ4v) is 10.3. The number of hydrogen-bond donors (Lipinski definition) is 3. The Balaban J connectivity index is 0.936. The van der Waals surface area contributed by atoms with Gasteiger partial charge in [0, 0.05) is 75.6 Å². The zero-order chi connectivity index (χ0) is 39.4. The van der Waals surface area contributed by atoms with Crippen LogP contribution in [-0.4, -0.2) is 78.0 Å². The van der Waals surface area contributed by atoms with Crippen molar-refractivity contribution in [3.05, 3.63) is 80.9 Å². The van der Waals surface area contributed by atoms with E-state index in [1.165, 1.54) is 0 Å². The maximum absolute atomic E-state index is 13.7. The van der Waals surface area contributed by atoms with E-state index in [1.807, 2.05) is 35.4 Å². The molecular formula is C42H50Cl2N8O4. The average molecular weight is 802 g/mol. The van der Waals surface area contributed by atoms with Gasteiger partial charge < -0.3 is 24.9 Å². The summed E-state index contributed by atoms with van der Waals surface area (Å²) in [4.78, 5) is 53.6. The monoisotopic (exact) mass is 800 g/mol. The molecule has 2 aliphatic heterocycles. The average Bonchev–Trinajstić information content (AvgIpc) is 3.95. The van der Waals surface area contributed by atoms with Crippen LogP contribution in [0.5, 0.6) is 0 Å². The number of aromatic nitrogens is 4. The standard InChI is InChI=1S/C42H50Cl2N8O4/c1-4-5-19-51-20-12-32-30(23-51)45-36(49(32)2)38(53)47-28-10-6-8-26(34(28)43)27-9-7-11-29(35(27)44)48-39(54)37-46-31-24-52(21-13-33(31)50(37)3)22-18-41-14-16-42(25-41,17-15-41)40(55)56/h6-11H,4-5,12-25H2,1-3H3,(H,47,53)(H,48,54)(H,55,56). The molecule has 2 fully saturated rings. The van der Waals surface area contributed by atoms with Gasteiger partial charge in [-0.2, -0.15) is 0 Å². The van der Waals surface area contributed by atoms with Crippen LogP contribution in [0, 0.1) is 10.8 Å². The summed E-state index contributed by atoms with van der Waals surface area (Å²) in [5, 5.41) is 16.4. The summed E-state index contributed by atoms with van der Waals surface area (Å²) in [5.74, 6) is -0.692. The topological polar surface area (TPSA) is 138 Å². The van der Waals surface area contributed by atoms with Crippen molar-refractivity contribution < 1.29 is 19.5 Å². The number of amides is 2. The second-order valence-corrected chi connectivity index (χ2v) is 17.2. The predicted octanol–water partition coefficient (Wildman–Crippen LogP) is 7.57. The van der Waals surface area contributed by atoms with Gasteiger partial charge in [-0.1, -0.05) is 60.8 Å². The molecule has 14 heteroatoms. The van der Waals surface area contributed by atoms with Crippen LogP contribution in [-0.2, 0) is 44.8 Å². The molecule has 2 aromatic carbocycles. The Hall–Kier alpha value is -4.23. The van der Waals surface area contributed by atoms with Gasteiger partial charge >= 0.3 is 5.97 Å². The minimum atomic E-state index is -0.626. The highest BCUT2D eigenvalue weighted by atomic mass is 35.5. The summed E-state index contributed by atoms with van der Waals surface area (Å²) in [5.41, 5.74) is 5.64. The fourth-order valence-electron chi connectivity index (χ4n) is 9.72. The van der Waals surface area contributed by atoms with Crippen LogP contribution in [0.4, 0.5) is 11.4 Å². The molecule has 2 amide bonds. The Kier molecular flexibility index (Phi) is 10.5. The second kappa shape index (κ2) is 15.3. The zero-order valence-electron chi connectivity index (χ0n) is 32.4. The minimum Gasteiger partial charge on any atom is -0.481 e. The lowest BCUT2D eigenvalue weighted by atomic mass is 9.80. The number of fused-ring (bicyclic) bond motifs is 4. The van der Waals surface area contributed by atoms with E-state index in [2.05, 4.69) is 27.4 Å². The van der Waals surface area contributed by atoms with E-state index in [-0.39, 0.29) is 17.2 Å². The molecule has 0 radical (unpaired) electrons. The number of halogens is 2. The van der Waals surface area contributed by atoms with Crippen molar-refractivity contribution in [2.75, 3.05) is 36.8 Å². The highest BCUT2D eigenvalue weighted by Gasteiger charge is 2.57. The van der Waals surface area contributed by atoms with E-state index in [0.29, 0.717) is 50.7 Å². The fraction of sp³-hybridized carbons (Fsp3) is 0.500. The van der Waals surface area contributed by atoms with E-state index >= 15 is 0 Å². The third kappa shape index (κ3) is 7.03. The van der Waals surface area contributed by atoms with Gasteiger partial charge in [-0.25, -0.2) is 9.97 Å².